The lowest BCUT2D eigenvalue weighted by molar-refractivity contribution is 0.0978. The van der Waals surface area contributed by atoms with Crippen molar-refractivity contribution in [1.29, 1.82) is 0 Å². The first-order valence-corrected chi connectivity index (χ1v) is 7.17. The zero-order valence-corrected chi connectivity index (χ0v) is 13.3. The van der Waals surface area contributed by atoms with Crippen molar-refractivity contribution in [3.63, 3.8) is 0 Å². The summed E-state index contributed by atoms with van der Waals surface area (Å²) in [7, 11) is 0. The molecule has 1 aromatic carbocycles. The van der Waals surface area contributed by atoms with E-state index in [1.165, 1.54) is 0 Å². The lowest BCUT2D eigenvalue weighted by Gasteiger charge is -2.12. The summed E-state index contributed by atoms with van der Waals surface area (Å²) >= 11 is 6.74. The molecule has 90 valence electrons. The van der Waals surface area contributed by atoms with E-state index in [-0.39, 0.29) is 10.6 Å². The second-order valence-corrected chi connectivity index (χ2v) is 5.42. The first kappa shape index (κ1) is 15.9. The van der Waals surface area contributed by atoms with Crippen LogP contribution in [0, 0.1) is 5.92 Å². The fraction of sp³-hybridized carbons (Fsp3) is 0.462. The molecule has 0 saturated carbocycles. The van der Waals surface area contributed by atoms with Crippen LogP contribution in [0.1, 0.15) is 38.1 Å². The molecular weight excluding hydrogens is 332 g/mol. The Hall–Kier alpha value is -0.150. The van der Waals surface area contributed by atoms with Crippen molar-refractivity contribution in [3.8, 4) is 0 Å². The average molecular weight is 350 g/mol. The zero-order valence-electron chi connectivity index (χ0n) is 10.1. The Morgan fingerprint density at radius 2 is 1.56 bits per heavy atom. The molecule has 0 amide bonds. The van der Waals surface area contributed by atoms with E-state index in [0.29, 0.717) is 5.92 Å². The van der Waals surface area contributed by atoms with E-state index in [1.54, 1.807) is 0 Å². The Morgan fingerprint density at radius 3 is 1.94 bits per heavy atom. The SMILES string of the molecule is CC.CC(C)C(Br)C(=O)c1ccc(Br)cc1. The number of Topliss-reactive ketones (excluding diaryl/α,β-unsaturated/α-hetero) is 1. The highest BCUT2D eigenvalue weighted by atomic mass is 79.9. The van der Waals surface area contributed by atoms with Gasteiger partial charge in [0.05, 0.1) is 4.83 Å². The van der Waals surface area contributed by atoms with Gasteiger partial charge in [0.1, 0.15) is 0 Å². The number of ketones is 1. The van der Waals surface area contributed by atoms with Gasteiger partial charge in [-0.3, -0.25) is 4.79 Å². The summed E-state index contributed by atoms with van der Waals surface area (Å²) in [5.74, 6) is 0.457. The molecule has 0 saturated heterocycles. The largest absolute Gasteiger partial charge is 0.293 e. The summed E-state index contributed by atoms with van der Waals surface area (Å²) in [5.41, 5.74) is 0.753. The summed E-state index contributed by atoms with van der Waals surface area (Å²) in [4.78, 5) is 11.7. The summed E-state index contributed by atoms with van der Waals surface area (Å²) in [6.45, 7) is 8.05. The van der Waals surface area contributed by atoms with Gasteiger partial charge in [-0.05, 0) is 18.1 Å². The fourth-order valence-electron chi connectivity index (χ4n) is 1.08. The predicted octanol–water partition coefficient (Wildman–Crippen LogP) is 5.08. The molecule has 16 heavy (non-hydrogen) atoms. The topological polar surface area (TPSA) is 17.1 Å². The highest BCUT2D eigenvalue weighted by Crippen LogP contribution is 2.19. The third-order valence-electron chi connectivity index (χ3n) is 1.96. The van der Waals surface area contributed by atoms with Crippen molar-refractivity contribution in [2.24, 2.45) is 5.92 Å². The molecule has 3 heteroatoms. The average Bonchev–Trinajstić information content (AvgIpc) is 2.30. The second-order valence-electron chi connectivity index (χ2n) is 3.52. The van der Waals surface area contributed by atoms with Gasteiger partial charge in [-0.25, -0.2) is 0 Å². The van der Waals surface area contributed by atoms with Crippen LogP contribution in [0.3, 0.4) is 0 Å². The van der Waals surface area contributed by atoms with Gasteiger partial charge in [0.15, 0.2) is 5.78 Å². The van der Waals surface area contributed by atoms with E-state index in [9.17, 15) is 4.79 Å². The van der Waals surface area contributed by atoms with Crippen molar-refractivity contribution < 1.29 is 4.79 Å². The van der Waals surface area contributed by atoms with Crippen LogP contribution in [-0.4, -0.2) is 10.6 Å². The molecular formula is C13H18Br2O. The molecule has 1 aromatic rings. The van der Waals surface area contributed by atoms with Gasteiger partial charge in [-0.1, -0.05) is 71.7 Å². The van der Waals surface area contributed by atoms with Crippen molar-refractivity contribution >= 4 is 37.6 Å². The van der Waals surface area contributed by atoms with Crippen LogP contribution < -0.4 is 0 Å². The Bertz CT molecular complexity index is 317. The van der Waals surface area contributed by atoms with Gasteiger partial charge >= 0.3 is 0 Å². The van der Waals surface area contributed by atoms with Crippen LogP contribution in [-0.2, 0) is 0 Å². The Labute approximate surface area is 115 Å². The molecule has 0 fully saturated rings. The first-order chi connectivity index (χ1) is 7.52. The maximum atomic E-state index is 11.8. The van der Waals surface area contributed by atoms with Crippen LogP contribution in [0.5, 0.6) is 0 Å². The van der Waals surface area contributed by atoms with E-state index >= 15 is 0 Å². The second kappa shape index (κ2) is 8.02. The maximum absolute atomic E-state index is 11.8. The van der Waals surface area contributed by atoms with Crippen LogP contribution in [0.4, 0.5) is 0 Å². The number of halogens is 2. The first-order valence-electron chi connectivity index (χ1n) is 5.46. The molecule has 1 atom stereocenters. The molecule has 0 aliphatic carbocycles. The van der Waals surface area contributed by atoms with Crippen molar-refractivity contribution in [2.75, 3.05) is 0 Å². The van der Waals surface area contributed by atoms with Gasteiger partial charge in [0.2, 0.25) is 0 Å². The van der Waals surface area contributed by atoms with E-state index < -0.39 is 0 Å². The molecule has 0 radical (unpaired) electrons. The van der Waals surface area contributed by atoms with Crippen molar-refractivity contribution in [2.45, 2.75) is 32.5 Å². The Balaban J connectivity index is 0.00000106. The standard InChI is InChI=1S/C11H12Br2O.C2H6/c1-7(2)10(13)11(14)8-3-5-9(12)6-4-8;1-2/h3-7,10H,1-2H3;1-2H3. The third-order valence-corrected chi connectivity index (χ3v) is 3.97. The third kappa shape index (κ3) is 4.79. The number of hydrogen-bond acceptors (Lipinski definition) is 1. The summed E-state index contributed by atoms with van der Waals surface area (Å²) in [6, 6.07) is 7.44. The Kier molecular flexibility index (Phi) is 7.94. The smallest absolute Gasteiger partial charge is 0.176 e. The molecule has 1 unspecified atom stereocenters. The minimum atomic E-state index is -0.0938. The molecule has 1 nitrogen and oxygen atoms in total. The summed E-state index contributed by atoms with van der Waals surface area (Å²) in [5, 5.41) is 0. The molecule has 0 bridgehead atoms. The van der Waals surface area contributed by atoms with E-state index in [1.807, 2.05) is 52.0 Å². The van der Waals surface area contributed by atoms with Crippen LogP contribution in [0.25, 0.3) is 0 Å². The normalized spacial score (nSPS) is 11.7. The number of rotatable bonds is 3. The van der Waals surface area contributed by atoms with Gasteiger partial charge in [0, 0.05) is 10.0 Å². The molecule has 0 aromatic heterocycles. The number of carbonyl (C=O) groups is 1. The lowest BCUT2D eigenvalue weighted by atomic mass is 10.0. The van der Waals surface area contributed by atoms with Crippen molar-refractivity contribution in [3.05, 3.63) is 34.3 Å². The maximum Gasteiger partial charge on any atom is 0.176 e. The molecule has 0 aliphatic rings. The highest BCUT2D eigenvalue weighted by molar-refractivity contribution is 9.10. The molecule has 1 rings (SSSR count). The molecule has 0 N–H and O–H groups in total. The quantitative estimate of drug-likeness (QED) is 0.549. The number of carbonyl (C=O) groups excluding carboxylic acids is 1. The Morgan fingerprint density at radius 1 is 1.12 bits per heavy atom. The summed E-state index contributed by atoms with van der Waals surface area (Å²) in [6.07, 6.45) is 0. The van der Waals surface area contributed by atoms with Gasteiger partial charge in [-0.2, -0.15) is 0 Å². The molecule has 0 aliphatic heterocycles. The molecule has 0 heterocycles. The molecule has 0 spiro atoms. The van der Waals surface area contributed by atoms with Gasteiger partial charge in [-0.15, -0.1) is 0 Å². The van der Waals surface area contributed by atoms with E-state index in [4.69, 9.17) is 0 Å². The monoisotopic (exact) mass is 348 g/mol. The van der Waals surface area contributed by atoms with Crippen molar-refractivity contribution in [1.82, 2.24) is 0 Å². The van der Waals surface area contributed by atoms with E-state index in [2.05, 4.69) is 31.9 Å². The zero-order chi connectivity index (χ0) is 12.7. The predicted molar refractivity (Wildman–Crippen MR) is 77.4 cm³/mol. The van der Waals surface area contributed by atoms with Gasteiger partial charge in [0.25, 0.3) is 0 Å². The van der Waals surface area contributed by atoms with Crippen LogP contribution >= 0.6 is 31.9 Å². The highest BCUT2D eigenvalue weighted by Gasteiger charge is 2.19. The van der Waals surface area contributed by atoms with Crippen LogP contribution in [0.15, 0.2) is 28.7 Å². The number of hydrogen-bond donors (Lipinski definition) is 0. The lowest BCUT2D eigenvalue weighted by Crippen LogP contribution is -2.19. The summed E-state index contributed by atoms with van der Waals surface area (Å²) < 4.78 is 0.990. The van der Waals surface area contributed by atoms with Gasteiger partial charge < -0.3 is 0 Å². The van der Waals surface area contributed by atoms with Crippen LogP contribution in [0.2, 0.25) is 0 Å². The number of alkyl halides is 1. The fourth-order valence-corrected chi connectivity index (χ4v) is 1.60. The minimum Gasteiger partial charge on any atom is -0.293 e. The van der Waals surface area contributed by atoms with E-state index in [0.717, 1.165) is 10.0 Å². The minimum absolute atomic E-state index is 0.0938. The number of benzene rings is 1.